The predicted octanol–water partition coefficient (Wildman–Crippen LogP) is 3.27. The average molecular weight is 441 g/mol. The fourth-order valence-electron chi connectivity index (χ4n) is 4.31. The summed E-state index contributed by atoms with van der Waals surface area (Å²) in [6.45, 7) is 3.11. The van der Waals surface area contributed by atoms with Crippen LogP contribution in [0.4, 0.5) is 10.5 Å². The van der Waals surface area contributed by atoms with Crippen molar-refractivity contribution >= 4 is 34.9 Å². The molecule has 1 heterocycles. The lowest BCUT2D eigenvalue weighted by Crippen LogP contribution is -2.34. The van der Waals surface area contributed by atoms with Gasteiger partial charge in [0.05, 0.1) is 11.9 Å². The zero-order valence-electron chi connectivity index (χ0n) is 17.9. The number of fused-ring (bicyclic) bond motifs is 1. The molecule has 1 aromatic heterocycles. The zero-order valence-corrected chi connectivity index (χ0v) is 18.7. The smallest absolute Gasteiger partial charge is 0.332 e. The highest BCUT2D eigenvalue weighted by Crippen LogP contribution is 2.36. The number of benzene rings is 1. The van der Waals surface area contributed by atoms with E-state index in [0.29, 0.717) is 11.5 Å². The van der Waals surface area contributed by atoms with Crippen LogP contribution in [-0.4, -0.2) is 23.2 Å². The fourth-order valence-corrected chi connectivity index (χ4v) is 5.20. The van der Waals surface area contributed by atoms with Crippen molar-refractivity contribution in [2.24, 2.45) is 5.92 Å². The molecule has 1 saturated carbocycles. The van der Waals surface area contributed by atoms with E-state index in [1.165, 1.54) is 31.6 Å². The van der Waals surface area contributed by atoms with Gasteiger partial charge in [0.15, 0.2) is 9.92 Å². The molecule has 1 unspecified atom stereocenters. The van der Waals surface area contributed by atoms with Crippen molar-refractivity contribution in [3.05, 3.63) is 40.6 Å². The van der Waals surface area contributed by atoms with Crippen LogP contribution in [0.3, 0.4) is 0 Å². The Bertz CT molecular complexity index is 1110. The predicted molar refractivity (Wildman–Crippen MR) is 120 cm³/mol. The molecule has 4 rings (SSSR count). The molecule has 2 aliphatic carbocycles. The second-order valence-electron chi connectivity index (χ2n) is 9.14. The third kappa shape index (κ3) is 4.53. The maximum absolute atomic E-state index is 12.8. The number of hydrogen-bond donors (Lipinski definition) is 4. The molecule has 9 heteroatoms. The molecule has 31 heavy (non-hydrogen) atoms. The van der Waals surface area contributed by atoms with Crippen LogP contribution < -0.4 is 15.5 Å². The fraction of sp³-hybridized carbons (Fsp3) is 0.500. The van der Waals surface area contributed by atoms with Crippen LogP contribution in [-0.2, 0) is 34.8 Å². The summed E-state index contributed by atoms with van der Waals surface area (Å²) in [5, 5.41) is 12.7. The van der Waals surface area contributed by atoms with Gasteiger partial charge in [0.25, 0.3) is 0 Å². The van der Waals surface area contributed by atoms with Gasteiger partial charge in [-0.1, -0.05) is 30.8 Å². The van der Waals surface area contributed by atoms with Crippen molar-refractivity contribution in [3.8, 4) is 0 Å². The van der Waals surface area contributed by atoms with Crippen LogP contribution in [0.25, 0.3) is 0 Å². The monoisotopic (exact) mass is 441 g/mol. The number of hydrogen-bond acceptors (Lipinski definition) is 5. The highest BCUT2D eigenvalue weighted by atomic mass is 32.2. The molecule has 2 aliphatic rings. The Hall–Kier alpha value is -2.26. The van der Waals surface area contributed by atoms with Crippen molar-refractivity contribution in [3.63, 3.8) is 0 Å². The van der Waals surface area contributed by atoms with Gasteiger partial charge in [0.1, 0.15) is 7.85 Å². The van der Waals surface area contributed by atoms with Gasteiger partial charge in [-0.3, -0.25) is 0 Å². The summed E-state index contributed by atoms with van der Waals surface area (Å²) in [6.07, 6.45) is 8.34. The van der Waals surface area contributed by atoms with Gasteiger partial charge in [-0.05, 0) is 62.1 Å². The number of carbonyl (C=O) groups excluding carboxylic acids is 1. The minimum absolute atomic E-state index is 0.211. The molecular weight excluding hydrogens is 413 g/mol. The summed E-state index contributed by atoms with van der Waals surface area (Å²) < 4.78 is 28.4. The molecule has 1 atom stereocenters. The van der Waals surface area contributed by atoms with E-state index in [9.17, 15) is 14.1 Å². The van der Waals surface area contributed by atoms with E-state index >= 15 is 0 Å². The highest BCUT2D eigenvalue weighted by molar-refractivity contribution is 7.91. The highest BCUT2D eigenvalue weighted by Gasteiger charge is 2.27. The third-order valence-electron chi connectivity index (χ3n) is 6.29. The Labute approximate surface area is 184 Å². The summed E-state index contributed by atoms with van der Waals surface area (Å²) in [7, 11) is 2.55. The summed E-state index contributed by atoms with van der Waals surface area (Å²) >= 11 is 0. The van der Waals surface area contributed by atoms with Crippen LogP contribution >= 0.6 is 0 Å². The first-order valence-electron chi connectivity index (χ1n) is 10.7. The molecule has 0 bridgehead atoms. The maximum atomic E-state index is 12.8. The summed E-state index contributed by atoms with van der Waals surface area (Å²) in [5.41, 5.74) is 3.79. The Morgan fingerprint density at radius 2 is 2.00 bits per heavy atom. The first kappa shape index (κ1) is 22.0. The van der Waals surface area contributed by atoms with E-state index in [0.717, 1.165) is 53.5 Å². The number of aliphatic hydroxyl groups is 1. The van der Waals surface area contributed by atoms with E-state index in [-0.39, 0.29) is 5.09 Å². The molecule has 7 nitrogen and oxygen atoms in total. The number of anilines is 1. The molecule has 2 amide bonds. The maximum Gasteiger partial charge on any atom is 0.332 e. The van der Waals surface area contributed by atoms with Crippen LogP contribution in [0.15, 0.2) is 27.9 Å². The largest absolute Gasteiger partial charge is 0.452 e. The van der Waals surface area contributed by atoms with E-state index in [1.54, 1.807) is 13.8 Å². The van der Waals surface area contributed by atoms with E-state index in [4.69, 9.17) is 17.0 Å². The van der Waals surface area contributed by atoms with Crippen molar-refractivity contribution in [2.75, 3.05) is 5.32 Å². The molecule has 0 spiro atoms. The number of nitrogens with one attached hydrogen (secondary N) is 3. The Kier molecular flexibility index (Phi) is 5.68. The molecule has 1 aromatic carbocycles. The summed E-state index contributed by atoms with van der Waals surface area (Å²) in [5.74, 6) is 0.589. The van der Waals surface area contributed by atoms with Crippen molar-refractivity contribution < 1.29 is 18.5 Å². The van der Waals surface area contributed by atoms with Crippen molar-refractivity contribution in [2.45, 2.75) is 69.5 Å². The van der Waals surface area contributed by atoms with E-state index in [2.05, 4.69) is 10.0 Å². The lowest BCUT2D eigenvalue weighted by Gasteiger charge is -2.27. The van der Waals surface area contributed by atoms with E-state index in [1.807, 2.05) is 6.07 Å². The van der Waals surface area contributed by atoms with Crippen LogP contribution in [0.5, 0.6) is 0 Å². The average Bonchev–Trinajstić information content (AvgIpc) is 3.30. The summed E-state index contributed by atoms with van der Waals surface area (Å²) in [4.78, 5) is 12.8. The minimum Gasteiger partial charge on any atom is -0.452 e. The molecule has 0 saturated heterocycles. The van der Waals surface area contributed by atoms with Gasteiger partial charge in [-0.25, -0.2) is 18.5 Å². The standard InChI is InChI=1S/C22H28BN3O4S/c1-22(2,28)15-11-19(30-12-15)31(24,29)26-21(27)25-20-14(9-13-5-3-6-13)10-18(23)16-7-4-8-17(16)20/h10-13,28H,3-9H2,1-2H3,(H3,24,25,26,27,29). The van der Waals surface area contributed by atoms with Crippen LogP contribution in [0.2, 0.25) is 0 Å². The zero-order chi connectivity index (χ0) is 22.4. The van der Waals surface area contributed by atoms with Crippen molar-refractivity contribution in [1.29, 1.82) is 4.78 Å². The van der Waals surface area contributed by atoms with E-state index < -0.39 is 21.5 Å². The number of urea groups is 1. The van der Waals surface area contributed by atoms with Gasteiger partial charge in [-0.2, -0.15) is 0 Å². The molecular formula is C22H28BN3O4S. The minimum atomic E-state index is -3.74. The van der Waals surface area contributed by atoms with Gasteiger partial charge in [-0.15, -0.1) is 0 Å². The van der Waals surface area contributed by atoms with Gasteiger partial charge in [0, 0.05) is 17.3 Å². The molecule has 2 aromatic rings. The number of furan rings is 1. The van der Waals surface area contributed by atoms with Gasteiger partial charge in [0.2, 0.25) is 5.09 Å². The van der Waals surface area contributed by atoms with Gasteiger partial charge >= 0.3 is 6.03 Å². The normalized spacial score (nSPS) is 18.2. The molecule has 4 N–H and O–H groups in total. The Morgan fingerprint density at radius 1 is 1.29 bits per heavy atom. The Balaban J connectivity index is 1.57. The first-order valence-corrected chi connectivity index (χ1v) is 12.2. The lowest BCUT2D eigenvalue weighted by atomic mass is 9.78. The van der Waals surface area contributed by atoms with Crippen LogP contribution in [0, 0.1) is 10.7 Å². The lowest BCUT2D eigenvalue weighted by molar-refractivity contribution is 0.0779. The molecule has 164 valence electrons. The summed E-state index contributed by atoms with van der Waals surface area (Å²) in [6, 6.07) is 2.56. The third-order valence-corrected chi connectivity index (χ3v) is 7.55. The van der Waals surface area contributed by atoms with Crippen LogP contribution in [0.1, 0.15) is 61.8 Å². The van der Waals surface area contributed by atoms with Crippen molar-refractivity contribution in [1.82, 2.24) is 4.72 Å². The topological polar surface area (TPSA) is 115 Å². The van der Waals surface area contributed by atoms with Gasteiger partial charge < -0.3 is 14.8 Å². The second kappa shape index (κ2) is 8.02. The number of carbonyl (C=O) groups is 1. The second-order valence-corrected chi connectivity index (χ2v) is 10.9. The Morgan fingerprint density at radius 3 is 2.61 bits per heavy atom. The first-order chi connectivity index (χ1) is 14.5. The quantitative estimate of drug-likeness (QED) is 0.515. The number of amides is 2. The SMILES string of the molecule is [B]c1cc(CC2CCC2)c(NC(=O)NS(=N)(=O)c2cc(C(C)(C)O)co2)c2c1CCC2. The molecule has 2 radical (unpaired) electrons. The molecule has 1 fully saturated rings. The molecule has 0 aliphatic heterocycles. The number of rotatable bonds is 6.